The van der Waals surface area contributed by atoms with E-state index in [0.29, 0.717) is 11.4 Å². The third-order valence-corrected chi connectivity index (χ3v) is 2.47. The Morgan fingerprint density at radius 3 is 2.29 bits per heavy atom. The lowest BCUT2D eigenvalue weighted by atomic mass is 10.1. The third-order valence-electron chi connectivity index (χ3n) is 2.47. The minimum absolute atomic E-state index is 0.230. The van der Waals surface area contributed by atoms with Gasteiger partial charge in [-0.1, -0.05) is 30.3 Å². The van der Waals surface area contributed by atoms with Gasteiger partial charge in [-0.15, -0.1) is 0 Å². The van der Waals surface area contributed by atoms with Crippen molar-refractivity contribution in [3.63, 3.8) is 0 Å². The molecule has 17 heavy (non-hydrogen) atoms. The first-order valence-electron chi connectivity index (χ1n) is 5.47. The van der Waals surface area contributed by atoms with E-state index in [0.717, 1.165) is 5.56 Å². The summed E-state index contributed by atoms with van der Waals surface area (Å²) in [4.78, 5) is 0. The van der Waals surface area contributed by atoms with Crippen molar-refractivity contribution in [1.82, 2.24) is 0 Å². The van der Waals surface area contributed by atoms with E-state index >= 15 is 0 Å². The van der Waals surface area contributed by atoms with Gasteiger partial charge in [0.2, 0.25) is 0 Å². The number of nitrogens with two attached hydrogens (primary N) is 1. The molecule has 0 radical (unpaired) electrons. The lowest BCUT2D eigenvalue weighted by Gasteiger charge is -2.12. The van der Waals surface area contributed by atoms with E-state index in [4.69, 9.17) is 10.5 Å². The summed E-state index contributed by atoms with van der Waals surface area (Å²) in [5.74, 6) is 0.703. The minimum atomic E-state index is -0.617. The third kappa shape index (κ3) is 3.23. The van der Waals surface area contributed by atoms with E-state index in [1.54, 1.807) is 24.3 Å². The second kappa shape index (κ2) is 5.37. The van der Waals surface area contributed by atoms with Crippen LogP contribution >= 0.6 is 0 Å². The van der Waals surface area contributed by atoms with E-state index in [9.17, 15) is 5.11 Å². The Balaban J connectivity index is 1.92. The fraction of sp³-hybridized carbons (Fsp3) is 0.143. The van der Waals surface area contributed by atoms with Crippen molar-refractivity contribution in [2.75, 3.05) is 12.3 Å². The van der Waals surface area contributed by atoms with Gasteiger partial charge in [-0.25, -0.2) is 0 Å². The Labute approximate surface area is 100 Å². The number of aliphatic hydroxyl groups is 1. The van der Waals surface area contributed by atoms with Crippen molar-refractivity contribution >= 4 is 5.69 Å². The van der Waals surface area contributed by atoms with Crippen molar-refractivity contribution in [3.05, 3.63) is 60.2 Å². The quantitative estimate of drug-likeness (QED) is 0.791. The van der Waals surface area contributed by atoms with Crippen LogP contribution in [0.2, 0.25) is 0 Å². The second-order valence-electron chi connectivity index (χ2n) is 3.81. The SMILES string of the molecule is Nc1ccc(OCC(O)c2ccccc2)cc1. The van der Waals surface area contributed by atoms with E-state index < -0.39 is 6.10 Å². The van der Waals surface area contributed by atoms with Crippen LogP contribution in [0.15, 0.2) is 54.6 Å². The number of rotatable bonds is 4. The molecule has 0 fully saturated rings. The number of hydrogen-bond acceptors (Lipinski definition) is 3. The fourth-order valence-electron chi connectivity index (χ4n) is 1.51. The number of nitrogen functional groups attached to an aromatic ring is 1. The highest BCUT2D eigenvalue weighted by atomic mass is 16.5. The summed E-state index contributed by atoms with van der Waals surface area (Å²) in [5.41, 5.74) is 7.11. The van der Waals surface area contributed by atoms with Crippen LogP contribution in [0.1, 0.15) is 11.7 Å². The number of benzene rings is 2. The molecule has 1 unspecified atom stereocenters. The first-order valence-corrected chi connectivity index (χ1v) is 5.47. The second-order valence-corrected chi connectivity index (χ2v) is 3.81. The Morgan fingerprint density at radius 1 is 1.00 bits per heavy atom. The maximum atomic E-state index is 9.89. The highest BCUT2D eigenvalue weighted by Crippen LogP contribution is 2.17. The molecule has 2 aromatic carbocycles. The summed E-state index contributed by atoms with van der Waals surface area (Å²) in [5, 5.41) is 9.89. The Bertz CT molecular complexity index is 453. The predicted molar refractivity (Wildman–Crippen MR) is 67.8 cm³/mol. The molecule has 0 spiro atoms. The standard InChI is InChI=1S/C14H15NO2/c15-12-6-8-13(9-7-12)17-10-14(16)11-4-2-1-3-5-11/h1-9,14,16H,10,15H2. The van der Waals surface area contributed by atoms with E-state index in [2.05, 4.69) is 0 Å². The molecule has 0 amide bonds. The molecule has 88 valence electrons. The van der Waals surface area contributed by atoms with Crippen LogP contribution in [-0.4, -0.2) is 11.7 Å². The molecule has 0 bridgehead atoms. The van der Waals surface area contributed by atoms with Gasteiger partial charge in [0.05, 0.1) is 0 Å². The predicted octanol–water partition coefficient (Wildman–Crippen LogP) is 2.38. The summed E-state index contributed by atoms with van der Waals surface area (Å²) >= 11 is 0. The smallest absolute Gasteiger partial charge is 0.119 e. The Hall–Kier alpha value is -2.00. The van der Waals surface area contributed by atoms with Gasteiger partial charge in [0, 0.05) is 5.69 Å². The van der Waals surface area contributed by atoms with E-state index in [1.165, 1.54) is 0 Å². The molecule has 3 heteroatoms. The molecule has 0 heterocycles. The van der Waals surface area contributed by atoms with Crippen molar-refractivity contribution in [2.45, 2.75) is 6.10 Å². The zero-order chi connectivity index (χ0) is 12.1. The molecule has 0 aliphatic rings. The average molecular weight is 229 g/mol. The van der Waals surface area contributed by atoms with Gasteiger partial charge < -0.3 is 15.6 Å². The molecule has 3 N–H and O–H groups in total. The number of hydrogen-bond donors (Lipinski definition) is 2. The maximum absolute atomic E-state index is 9.89. The molecule has 0 aliphatic carbocycles. The molecular weight excluding hydrogens is 214 g/mol. The summed E-state index contributed by atoms with van der Waals surface area (Å²) in [6.45, 7) is 0.230. The molecule has 1 atom stereocenters. The molecule has 0 saturated carbocycles. The van der Waals surface area contributed by atoms with Crippen LogP contribution in [0.4, 0.5) is 5.69 Å². The molecule has 0 aromatic heterocycles. The highest BCUT2D eigenvalue weighted by molar-refractivity contribution is 5.41. The monoisotopic (exact) mass is 229 g/mol. The summed E-state index contributed by atoms with van der Waals surface area (Å²) in [6, 6.07) is 16.5. The number of ether oxygens (including phenoxy) is 1. The number of anilines is 1. The summed E-state index contributed by atoms with van der Waals surface area (Å²) < 4.78 is 5.47. The minimum Gasteiger partial charge on any atom is -0.491 e. The fourth-order valence-corrected chi connectivity index (χ4v) is 1.51. The molecular formula is C14H15NO2. The van der Waals surface area contributed by atoms with Gasteiger partial charge in [0.1, 0.15) is 18.5 Å². The molecule has 3 nitrogen and oxygen atoms in total. The van der Waals surface area contributed by atoms with E-state index in [-0.39, 0.29) is 6.61 Å². The summed E-state index contributed by atoms with van der Waals surface area (Å²) in [7, 11) is 0. The Morgan fingerprint density at radius 2 is 1.65 bits per heavy atom. The molecule has 0 saturated heterocycles. The normalized spacial score (nSPS) is 12.1. The van der Waals surface area contributed by atoms with Gasteiger partial charge >= 0.3 is 0 Å². The van der Waals surface area contributed by atoms with Crippen molar-refractivity contribution in [1.29, 1.82) is 0 Å². The van der Waals surface area contributed by atoms with Gasteiger partial charge in [0.25, 0.3) is 0 Å². The van der Waals surface area contributed by atoms with Crippen LogP contribution in [-0.2, 0) is 0 Å². The largest absolute Gasteiger partial charge is 0.491 e. The Kier molecular flexibility index (Phi) is 3.62. The topological polar surface area (TPSA) is 55.5 Å². The molecule has 2 aromatic rings. The van der Waals surface area contributed by atoms with Crippen LogP contribution < -0.4 is 10.5 Å². The van der Waals surface area contributed by atoms with E-state index in [1.807, 2.05) is 30.3 Å². The van der Waals surface area contributed by atoms with Crippen molar-refractivity contribution in [3.8, 4) is 5.75 Å². The highest BCUT2D eigenvalue weighted by Gasteiger charge is 2.07. The lowest BCUT2D eigenvalue weighted by molar-refractivity contribution is 0.108. The van der Waals surface area contributed by atoms with Crippen molar-refractivity contribution < 1.29 is 9.84 Å². The zero-order valence-electron chi connectivity index (χ0n) is 9.41. The van der Waals surface area contributed by atoms with Crippen molar-refractivity contribution in [2.24, 2.45) is 0 Å². The van der Waals surface area contributed by atoms with Gasteiger partial charge in [-0.3, -0.25) is 0 Å². The first-order chi connectivity index (χ1) is 8.25. The van der Waals surface area contributed by atoms with Gasteiger partial charge in [0.15, 0.2) is 0 Å². The van der Waals surface area contributed by atoms with Crippen LogP contribution in [0.5, 0.6) is 5.75 Å². The van der Waals surface area contributed by atoms with Crippen LogP contribution in [0.3, 0.4) is 0 Å². The maximum Gasteiger partial charge on any atom is 0.119 e. The zero-order valence-corrected chi connectivity index (χ0v) is 9.41. The van der Waals surface area contributed by atoms with Crippen LogP contribution in [0.25, 0.3) is 0 Å². The van der Waals surface area contributed by atoms with Crippen LogP contribution in [0, 0.1) is 0 Å². The van der Waals surface area contributed by atoms with Gasteiger partial charge in [-0.05, 0) is 29.8 Å². The van der Waals surface area contributed by atoms with Gasteiger partial charge in [-0.2, -0.15) is 0 Å². The number of aliphatic hydroxyl groups excluding tert-OH is 1. The average Bonchev–Trinajstić information content (AvgIpc) is 2.39. The lowest BCUT2D eigenvalue weighted by Crippen LogP contribution is -2.09. The molecule has 0 aliphatic heterocycles. The molecule has 2 rings (SSSR count). The first kappa shape index (κ1) is 11.5. The summed E-state index contributed by atoms with van der Waals surface area (Å²) in [6.07, 6.45) is -0.617.